The molecular weight excluding hydrogens is 254 g/mol. The third kappa shape index (κ3) is 3.45. The molecule has 2 rings (SSSR count). The van der Waals surface area contributed by atoms with Crippen LogP contribution in [-0.2, 0) is 11.3 Å². The number of hydrogen-bond donors (Lipinski definition) is 0. The van der Waals surface area contributed by atoms with Crippen LogP contribution in [0, 0.1) is 18.3 Å². The number of imidazole rings is 1. The van der Waals surface area contributed by atoms with Crippen molar-refractivity contribution < 1.29 is 9.53 Å². The summed E-state index contributed by atoms with van der Waals surface area (Å²) in [5.41, 5.74) is 0.858. The number of ether oxygens (including phenoxy) is 1. The van der Waals surface area contributed by atoms with Gasteiger partial charge in [0.15, 0.2) is 0 Å². The Bertz CT molecular complexity index is 641. The smallest absolute Gasteiger partial charge is 0.338 e. The third-order valence-corrected chi connectivity index (χ3v) is 2.93. The van der Waals surface area contributed by atoms with Crippen LogP contribution >= 0.6 is 0 Å². The normalized spacial score (nSPS) is 10.0. The molecule has 1 heterocycles. The molecule has 0 unspecified atom stereocenters. The fourth-order valence-corrected chi connectivity index (χ4v) is 1.84. The van der Waals surface area contributed by atoms with E-state index in [1.165, 1.54) is 6.07 Å². The minimum Gasteiger partial charge on any atom is -0.462 e. The summed E-state index contributed by atoms with van der Waals surface area (Å²) >= 11 is 0. The Hall–Kier alpha value is -2.61. The van der Waals surface area contributed by atoms with Crippen molar-refractivity contribution in [1.29, 1.82) is 5.26 Å². The van der Waals surface area contributed by atoms with Crippen LogP contribution in [0.3, 0.4) is 0 Å². The van der Waals surface area contributed by atoms with Gasteiger partial charge in [-0.15, -0.1) is 0 Å². The quantitative estimate of drug-likeness (QED) is 0.617. The topological polar surface area (TPSA) is 67.9 Å². The van der Waals surface area contributed by atoms with Crippen molar-refractivity contribution in [3.05, 3.63) is 53.6 Å². The molecule has 2 aromatic rings. The van der Waals surface area contributed by atoms with Crippen molar-refractivity contribution in [2.45, 2.75) is 19.9 Å². The lowest BCUT2D eigenvalue weighted by atomic mass is 10.1. The highest BCUT2D eigenvalue weighted by molar-refractivity contribution is 5.89. The second-order valence-corrected chi connectivity index (χ2v) is 4.35. The SMILES string of the molecule is Cc1nccn1CCCOC(=O)c1cccc(C#N)c1. The molecule has 20 heavy (non-hydrogen) atoms. The average Bonchev–Trinajstić information content (AvgIpc) is 2.89. The number of hydrogen-bond acceptors (Lipinski definition) is 4. The highest BCUT2D eigenvalue weighted by atomic mass is 16.5. The maximum absolute atomic E-state index is 11.8. The molecule has 0 aliphatic heterocycles. The minimum atomic E-state index is -0.399. The number of carbonyl (C=O) groups excluding carboxylic acids is 1. The van der Waals surface area contributed by atoms with E-state index >= 15 is 0 Å². The molecule has 0 fully saturated rings. The standard InChI is InChI=1S/C15H15N3O2/c1-12-17-6-8-18(12)7-3-9-20-15(19)14-5-2-4-13(10-14)11-16/h2,4-6,8,10H,3,7,9H2,1H3. The van der Waals surface area contributed by atoms with E-state index in [0.29, 0.717) is 17.7 Å². The third-order valence-electron chi connectivity index (χ3n) is 2.93. The lowest BCUT2D eigenvalue weighted by molar-refractivity contribution is 0.0496. The van der Waals surface area contributed by atoms with Gasteiger partial charge in [-0.3, -0.25) is 0 Å². The Morgan fingerprint density at radius 3 is 3.05 bits per heavy atom. The number of esters is 1. The van der Waals surface area contributed by atoms with Gasteiger partial charge in [0.25, 0.3) is 0 Å². The first-order chi connectivity index (χ1) is 9.70. The van der Waals surface area contributed by atoms with E-state index < -0.39 is 5.97 Å². The second kappa shape index (κ2) is 6.53. The van der Waals surface area contributed by atoms with Crippen LogP contribution in [0.5, 0.6) is 0 Å². The molecule has 1 aromatic carbocycles. The molecular formula is C15H15N3O2. The largest absolute Gasteiger partial charge is 0.462 e. The van der Waals surface area contributed by atoms with Gasteiger partial charge in [0.05, 0.1) is 23.8 Å². The number of carbonyl (C=O) groups is 1. The molecule has 0 aliphatic carbocycles. The van der Waals surface area contributed by atoms with Crippen LogP contribution < -0.4 is 0 Å². The number of nitrogens with zero attached hydrogens (tertiary/aromatic N) is 3. The molecule has 0 bridgehead atoms. The van der Waals surface area contributed by atoms with E-state index in [1.807, 2.05) is 23.8 Å². The van der Waals surface area contributed by atoms with Gasteiger partial charge in [-0.1, -0.05) is 6.07 Å². The molecule has 0 radical (unpaired) electrons. The number of aromatic nitrogens is 2. The van der Waals surface area contributed by atoms with Gasteiger partial charge in [0, 0.05) is 18.9 Å². The fraction of sp³-hybridized carbons (Fsp3) is 0.267. The van der Waals surface area contributed by atoms with E-state index in [0.717, 1.165) is 18.8 Å². The van der Waals surface area contributed by atoms with Gasteiger partial charge >= 0.3 is 5.97 Å². The predicted molar refractivity (Wildman–Crippen MR) is 73.0 cm³/mol. The molecule has 0 atom stereocenters. The van der Waals surface area contributed by atoms with Crippen molar-refractivity contribution >= 4 is 5.97 Å². The molecule has 0 saturated carbocycles. The summed E-state index contributed by atoms with van der Waals surface area (Å²) < 4.78 is 7.19. The van der Waals surface area contributed by atoms with Gasteiger partial charge < -0.3 is 9.30 Å². The Morgan fingerprint density at radius 1 is 1.50 bits per heavy atom. The summed E-state index contributed by atoms with van der Waals surface area (Å²) in [5, 5.41) is 8.78. The van der Waals surface area contributed by atoms with Gasteiger partial charge in [-0.05, 0) is 31.5 Å². The van der Waals surface area contributed by atoms with Crippen LogP contribution in [0.25, 0.3) is 0 Å². The van der Waals surface area contributed by atoms with E-state index in [4.69, 9.17) is 10.00 Å². The zero-order chi connectivity index (χ0) is 14.4. The van der Waals surface area contributed by atoms with Crippen molar-refractivity contribution in [2.75, 3.05) is 6.61 Å². The van der Waals surface area contributed by atoms with Crippen LogP contribution in [-0.4, -0.2) is 22.1 Å². The van der Waals surface area contributed by atoms with Crippen molar-refractivity contribution in [2.24, 2.45) is 0 Å². The second-order valence-electron chi connectivity index (χ2n) is 4.35. The van der Waals surface area contributed by atoms with Gasteiger partial charge in [-0.25, -0.2) is 9.78 Å². The van der Waals surface area contributed by atoms with Crippen molar-refractivity contribution in [3.63, 3.8) is 0 Å². The van der Waals surface area contributed by atoms with Crippen LogP contribution in [0.4, 0.5) is 0 Å². The van der Waals surface area contributed by atoms with E-state index in [2.05, 4.69) is 4.98 Å². The molecule has 0 spiro atoms. The Balaban J connectivity index is 1.80. The lowest BCUT2D eigenvalue weighted by Crippen LogP contribution is -2.09. The summed E-state index contributed by atoms with van der Waals surface area (Å²) in [5.74, 6) is 0.544. The van der Waals surface area contributed by atoms with Crippen molar-refractivity contribution in [1.82, 2.24) is 9.55 Å². The molecule has 5 nitrogen and oxygen atoms in total. The van der Waals surface area contributed by atoms with E-state index in [-0.39, 0.29) is 0 Å². The number of rotatable bonds is 5. The Labute approximate surface area is 117 Å². The van der Waals surface area contributed by atoms with E-state index in [1.54, 1.807) is 24.4 Å². The van der Waals surface area contributed by atoms with Crippen molar-refractivity contribution in [3.8, 4) is 6.07 Å². The highest BCUT2D eigenvalue weighted by Crippen LogP contribution is 2.06. The van der Waals surface area contributed by atoms with Crippen LogP contribution in [0.2, 0.25) is 0 Å². The fourth-order valence-electron chi connectivity index (χ4n) is 1.84. The predicted octanol–water partition coefficient (Wildman–Crippen LogP) is 2.31. The molecule has 0 aliphatic rings. The summed E-state index contributed by atoms with van der Waals surface area (Å²) in [4.78, 5) is 15.9. The molecule has 0 amide bonds. The number of benzene rings is 1. The zero-order valence-electron chi connectivity index (χ0n) is 11.2. The average molecular weight is 269 g/mol. The molecule has 0 saturated heterocycles. The first-order valence-electron chi connectivity index (χ1n) is 6.36. The summed E-state index contributed by atoms with van der Waals surface area (Å²) in [6, 6.07) is 8.49. The van der Waals surface area contributed by atoms with E-state index in [9.17, 15) is 4.79 Å². The molecule has 5 heteroatoms. The highest BCUT2D eigenvalue weighted by Gasteiger charge is 2.07. The van der Waals surface area contributed by atoms with Crippen LogP contribution in [0.1, 0.15) is 28.2 Å². The lowest BCUT2D eigenvalue weighted by Gasteiger charge is -2.06. The Kier molecular flexibility index (Phi) is 4.51. The minimum absolute atomic E-state index is 0.341. The molecule has 102 valence electrons. The molecule has 0 N–H and O–H groups in total. The molecule has 1 aromatic heterocycles. The number of nitriles is 1. The first kappa shape index (κ1) is 13.8. The van der Waals surface area contributed by atoms with Gasteiger partial charge in [0.2, 0.25) is 0 Å². The van der Waals surface area contributed by atoms with Gasteiger partial charge in [0.1, 0.15) is 5.82 Å². The summed E-state index contributed by atoms with van der Waals surface area (Å²) in [7, 11) is 0. The first-order valence-corrected chi connectivity index (χ1v) is 6.36. The maximum atomic E-state index is 11.8. The summed E-state index contributed by atoms with van der Waals surface area (Å²) in [6.45, 7) is 3.03. The monoisotopic (exact) mass is 269 g/mol. The Morgan fingerprint density at radius 2 is 2.35 bits per heavy atom. The number of aryl methyl sites for hydroxylation is 2. The maximum Gasteiger partial charge on any atom is 0.338 e. The van der Waals surface area contributed by atoms with Gasteiger partial charge in [-0.2, -0.15) is 5.26 Å². The van der Waals surface area contributed by atoms with Crippen LogP contribution in [0.15, 0.2) is 36.7 Å². The summed E-state index contributed by atoms with van der Waals surface area (Å²) in [6.07, 6.45) is 4.36. The zero-order valence-corrected chi connectivity index (χ0v) is 11.2.